The Morgan fingerprint density at radius 3 is 2.52 bits per heavy atom. The number of aryl methyl sites for hydroxylation is 1. The largest absolute Gasteiger partial charge is 0.398 e. The Balaban J connectivity index is 2.43. The van der Waals surface area contributed by atoms with Gasteiger partial charge in [0.2, 0.25) is 5.56 Å². The van der Waals surface area contributed by atoms with E-state index in [1.54, 1.807) is 0 Å². The van der Waals surface area contributed by atoms with Crippen molar-refractivity contribution in [1.29, 1.82) is 0 Å². The lowest BCUT2D eigenvalue weighted by Crippen LogP contribution is -2.18. The van der Waals surface area contributed by atoms with Gasteiger partial charge in [0.05, 0.1) is 10.6 Å². The van der Waals surface area contributed by atoms with Crippen LogP contribution in [0.3, 0.4) is 0 Å². The van der Waals surface area contributed by atoms with Crippen molar-refractivity contribution in [3.05, 3.63) is 52.2 Å². The Bertz CT molecular complexity index is 836. The molecule has 6 nitrogen and oxygen atoms in total. The molecule has 2 aromatic rings. The normalized spacial score (nSPS) is 11.4. The van der Waals surface area contributed by atoms with E-state index in [1.807, 2.05) is 0 Å². The standard InChI is InChI=1S/C13H14FN3O3S/c1-8-11(14)5-10(6-12(8)15)21(19,20)16-9-3-4-13(18)17(2)7-9/h3-7,16H,15H2,1-2H3. The van der Waals surface area contributed by atoms with Crippen molar-refractivity contribution in [2.75, 3.05) is 10.5 Å². The first-order valence-electron chi connectivity index (χ1n) is 5.96. The quantitative estimate of drug-likeness (QED) is 0.833. The first kappa shape index (κ1) is 15.0. The maximum absolute atomic E-state index is 13.6. The Morgan fingerprint density at radius 1 is 1.29 bits per heavy atom. The second kappa shape index (κ2) is 5.21. The highest BCUT2D eigenvalue weighted by molar-refractivity contribution is 7.92. The summed E-state index contributed by atoms with van der Waals surface area (Å²) in [5.74, 6) is -0.698. The van der Waals surface area contributed by atoms with Gasteiger partial charge >= 0.3 is 0 Å². The SMILES string of the molecule is Cc1c(N)cc(S(=O)(=O)Nc2ccc(=O)n(C)c2)cc1F. The first-order valence-corrected chi connectivity index (χ1v) is 7.44. The van der Waals surface area contributed by atoms with Gasteiger partial charge in [-0.2, -0.15) is 0 Å². The number of nitrogens with one attached hydrogen (secondary N) is 1. The van der Waals surface area contributed by atoms with Crippen LogP contribution in [-0.2, 0) is 17.1 Å². The van der Waals surface area contributed by atoms with Gasteiger partial charge in [0.25, 0.3) is 10.0 Å². The van der Waals surface area contributed by atoms with Crippen LogP contribution in [0.1, 0.15) is 5.56 Å². The van der Waals surface area contributed by atoms with Gasteiger partial charge in [-0.05, 0) is 25.1 Å². The average molecular weight is 311 g/mol. The minimum atomic E-state index is -3.99. The number of hydrogen-bond acceptors (Lipinski definition) is 4. The molecule has 0 fully saturated rings. The molecule has 0 aliphatic carbocycles. The van der Waals surface area contributed by atoms with Gasteiger partial charge in [0.1, 0.15) is 5.82 Å². The van der Waals surface area contributed by atoms with E-state index in [-0.39, 0.29) is 27.4 Å². The molecule has 21 heavy (non-hydrogen) atoms. The number of benzene rings is 1. The molecule has 8 heteroatoms. The van der Waals surface area contributed by atoms with E-state index in [1.165, 1.54) is 42.9 Å². The molecule has 1 heterocycles. The van der Waals surface area contributed by atoms with Crippen LogP contribution >= 0.6 is 0 Å². The summed E-state index contributed by atoms with van der Waals surface area (Å²) in [6, 6.07) is 4.63. The molecule has 0 atom stereocenters. The van der Waals surface area contributed by atoms with Crippen molar-refractivity contribution in [1.82, 2.24) is 4.57 Å². The van der Waals surface area contributed by atoms with Crippen molar-refractivity contribution in [2.24, 2.45) is 7.05 Å². The fourth-order valence-electron chi connectivity index (χ4n) is 1.70. The second-order valence-corrected chi connectivity index (χ2v) is 6.27. The van der Waals surface area contributed by atoms with Crippen LogP contribution in [0.4, 0.5) is 15.8 Å². The van der Waals surface area contributed by atoms with E-state index < -0.39 is 15.8 Å². The van der Waals surface area contributed by atoms with E-state index in [0.29, 0.717) is 0 Å². The number of nitrogens with zero attached hydrogens (tertiary/aromatic N) is 1. The summed E-state index contributed by atoms with van der Waals surface area (Å²) in [5, 5.41) is 0. The third-order valence-electron chi connectivity index (χ3n) is 3.01. The molecule has 0 amide bonds. The second-order valence-electron chi connectivity index (χ2n) is 4.59. The van der Waals surface area contributed by atoms with Crippen LogP contribution in [0.15, 0.2) is 40.2 Å². The Hall–Kier alpha value is -2.35. The molecule has 0 saturated carbocycles. The lowest BCUT2D eigenvalue weighted by Gasteiger charge is -2.11. The van der Waals surface area contributed by atoms with Crippen molar-refractivity contribution in [3.63, 3.8) is 0 Å². The average Bonchev–Trinajstić information content (AvgIpc) is 2.39. The molecule has 2 rings (SSSR count). The molecule has 0 aliphatic rings. The molecule has 0 aliphatic heterocycles. The van der Waals surface area contributed by atoms with Gasteiger partial charge in [-0.25, -0.2) is 12.8 Å². The summed E-state index contributed by atoms with van der Waals surface area (Å²) in [5.41, 5.74) is 5.74. The lowest BCUT2D eigenvalue weighted by atomic mass is 10.2. The van der Waals surface area contributed by atoms with Gasteiger partial charge in [-0.15, -0.1) is 0 Å². The van der Waals surface area contributed by atoms with Gasteiger partial charge in [0, 0.05) is 30.6 Å². The van der Waals surface area contributed by atoms with E-state index >= 15 is 0 Å². The molecule has 1 aromatic carbocycles. The first-order chi connectivity index (χ1) is 9.70. The van der Waals surface area contributed by atoms with Gasteiger partial charge in [0.15, 0.2) is 0 Å². The Morgan fingerprint density at radius 2 is 1.95 bits per heavy atom. The minimum absolute atomic E-state index is 0.0517. The molecular weight excluding hydrogens is 297 g/mol. The molecule has 0 spiro atoms. The number of pyridine rings is 1. The highest BCUT2D eigenvalue weighted by atomic mass is 32.2. The molecule has 0 unspecified atom stereocenters. The van der Waals surface area contributed by atoms with Crippen LogP contribution in [0.5, 0.6) is 0 Å². The van der Waals surface area contributed by atoms with Gasteiger partial charge < -0.3 is 10.3 Å². The number of nitrogens with two attached hydrogens (primary N) is 1. The third-order valence-corrected chi connectivity index (χ3v) is 4.37. The summed E-state index contributed by atoms with van der Waals surface area (Å²) in [6.45, 7) is 1.46. The topological polar surface area (TPSA) is 94.2 Å². The molecule has 3 N–H and O–H groups in total. The van der Waals surface area contributed by atoms with E-state index in [9.17, 15) is 17.6 Å². The number of sulfonamides is 1. The monoisotopic (exact) mass is 311 g/mol. The Labute approximate surface area is 121 Å². The number of hydrogen-bond donors (Lipinski definition) is 2. The molecule has 0 radical (unpaired) electrons. The predicted octanol–water partition coefficient (Wildman–Crippen LogP) is 1.22. The van der Waals surface area contributed by atoms with Crippen LogP contribution in [0, 0.1) is 12.7 Å². The lowest BCUT2D eigenvalue weighted by molar-refractivity contribution is 0.593. The van der Waals surface area contributed by atoms with Crippen LogP contribution in [0.25, 0.3) is 0 Å². The highest BCUT2D eigenvalue weighted by Crippen LogP contribution is 2.22. The zero-order chi connectivity index (χ0) is 15.8. The third kappa shape index (κ3) is 3.05. The van der Waals surface area contributed by atoms with Crippen molar-refractivity contribution in [3.8, 4) is 0 Å². The number of nitrogen functional groups attached to an aromatic ring is 1. The summed E-state index contributed by atoms with van der Waals surface area (Å²) in [4.78, 5) is 11.0. The molecule has 0 bridgehead atoms. The number of anilines is 2. The summed E-state index contributed by atoms with van der Waals surface area (Å²) >= 11 is 0. The van der Waals surface area contributed by atoms with E-state index in [4.69, 9.17) is 5.73 Å². The minimum Gasteiger partial charge on any atom is -0.398 e. The van der Waals surface area contributed by atoms with Crippen molar-refractivity contribution < 1.29 is 12.8 Å². The van der Waals surface area contributed by atoms with Gasteiger partial charge in [-0.3, -0.25) is 9.52 Å². The smallest absolute Gasteiger partial charge is 0.262 e. The van der Waals surface area contributed by atoms with Crippen LogP contribution in [-0.4, -0.2) is 13.0 Å². The van der Waals surface area contributed by atoms with Crippen LogP contribution < -0.4 is 16.0 Å². The fraction of sp³-hybridized carbons (Fsp3) is 0.154. The Kier molecular flexibility index (Phi) is 3.73. The number of halogens is 1. The summed E-state index contributed by atoms with van der Waals surface area (Å²) in [7, 11) is -2.50. The fourth-order valence-corrected chi connectivity index (χ4v) is 2.79. The summed E-state index contributed by atoms with van der Waals surface area (Å²) in [6.07, 6.45) is 1.33. The van der Waals surface area contributed by atoms with E-state index in [2.05, 4.69) is 4.72 Å². The highest BCUT2D eigenvalue weighted by Gasteiger charge is 2.18. The maximum Gasteiger partial charge on any atom is 0.262 e. The van der Waals surface area contributed by atoms with E-state index in [0.717, 1.165) is 6.07 Å². The molecule has 112 valence electrons. The molecular formula is C13H14FN3O3S. The van der Waals surface area contributed by atoms with Crippen LogP contribution in [0.2, 0.25) is 0 Å². The predicted molar refractivity (Wildman–Crippen MR) is 78.0 cm³/mol. The number of rotatable bonds is 3. The number of aromatic nitrogens is 1. The van der Waals surface area contributed by atoms with Gasteiger partial charge in [-0.1, -0.05) is 0 Å². The summed E-state index contributed by atoms with van der Waals surface area (Å²) < 4.78 is 41.5. The maximum atomic E-state index is 13.6. The molecule has 0 saturated heterocycles. The van der Waals surface area contributed by atoms with Crippen molar-refractivity contribution in [2.45, 2.75) is 11.8 Å². The zero-order valence-corrected chi connectivity index (χ0v) is 12.2. The molecule has 1 aromatic heterocycles. The zero-order valence-electron chi connectivity index (χ0n) is 11.4. The van der Waals surface area contributed by atoms with Crippen molar-refractivity contribution >= 4 is 21.4 Å².